The maximum absolute atomic E-state index is 12.2. The standard InChI is InChI=1S/C17H16ClN5O4/c1-10-7-20-17(25)23(8-10)15-6-13(21-22-19)14(27-15)9-26-16(24)11-3-2-4-12(18)5-11/h2-5,7-8,13-15H,6,9H2,1H3/t13-,14+,15+/m0/s1. The Morgan fingerprint density at radius 2 is 2.37 bits per heavy atom. The Balaban J connectivity index is 1.72. The van der Waals surface area contributed by atoms with Gasteiger partial charge in [-0.2, -0.15) is 0 Å². The first-order valence-corrected chi connectivity index (χ1v) is 8.53. The predicted molar refractivity (Wildman–Crippen MR) is 96.4 cm³/mol. The minimum atomic E-state index is -0.679. The molecule has 10 heteroatoms. The average Bonchev–Trinajstić information content (AvgIpc) is 3.04. The third-order valence-corrected chi connectivity index (χ3v) is 4.33. The molecule has 0 aliphatic carbocycles. The van der Waals surface area contributed by atoms with Crippen molar-refractivity contribution in [3.8, 4) is 0 Å². The Kier molecular flexibility index (Phi) is 5.75. The summed E-state index contributed by atoms with van der Waals surface area (Å²) in [6.45, 7) is 1.67. The highest BCUT2D eigenvalue weighted by Crippen LogP contribution is 2.30. The molecule has 0 unspecified atom stereocenters. The fraction of sp³-hybridized carbons (Fsp3) is 0.353. The largest absolute Gasteiger partial charge is 0.459 e. The Labute approximate surface area is 159 Å². The highest BCUT2D eigenvalue weighted by atomic mass is 35.5. The fourth-order valence-corrected chi connectivity index (χ4v) is 3.01. The molecule has 1 aromatic heterocycles. The van der Waals surface area contributed by atoms with Crippen LogP contribution in [0.4, 0.5) is 0 Å². The molecule has 0 radical (unpaired) electrons. The van der Waals surface area contributed by atoms with Gasteiger partial charge in [0.1, 0.15) is 18.9 Å². The van der Waals surface area contributed by atoms with Crippen LogP contribution in [0.15, 0.2) is 46.6 Å². The minimum absolute atomic E-state index is 0.125. The van der Waals surface area contributed by atoms with Crippen LogP contribution in [0.5, 0.6) is 0 Å². The van der Waals surface area contributed by atoms with E-state index in [1.807, 2.05) is 0 Å². The number of carbonyl (C=O) groups excluding carboxylic acids is 1. The molecule has 2 aromatic rings. The molecular weight excluding hydrogens is 374 g/mol. The van der Waals surface area contributed by atoms with Crippen LogP contribution in [-0.2, 0) is 9.47 Å². The van der Waals surface area contributed by atoms with Crippen LogP contribution in [0.3, 0.4) is 0 Å². The molecule has 0 N–H and O–H groups in total. The lowest BCUT2D eigenvalue weighted by Gasteiger charge is -2.16. The zero-order valence-electron chi connectivity index (χ0n) is 14.4. The summed E-state index contributed by atoms with van der Waals surface area (Å²) in [6.07, 6.45) is 2.02. The molecule has 27 heavy (non-hydrogen) atoms. The first-order valence-electron chi connectivity index (χ1n) is 8.15. The Morgan fingerprint density at radius 1 is 1.56 bits per heavy atom. The van der Waals surface area contributed by atoms with Gasteiger partial charge in [-0.15, -0.1) is 0 Å². The third kappa shape index (κ3) is 4.46. The molecule has 3 rings (SSSR count). The maximum atomic E-state index is 12.2. The molecule has 1 aliphatic rings. The quantitative estimate of drug-likeness (QED) is 0.337. The number of rotatable bonds is 5. The topological polar surface area (TPSA) is 119 Å². The van der Waals surface area contributed by atoms with Crippen molar-refractivity contribution in [1.29, 1.82) is 0 Å². The summed E-state index contributed by atoms with van der Waals surface area (Å²) in [5.41, 5.74) is 9.40. The Hall–Kier alpha value is -2.87. The molecule has 1 saturated heterocycles. The molecular formula is C17H16ClN5O4. The van der Waals surface area contributed by atoms with Gasteiger partial charge in [-0.1, -0.05) is 22.8 Å². The molecule has 0 spiro atoms. The lowest BCUT2D eigenvalue weighted by molar-refractivity contribution is -0.0362. The second-order valence-corrected chi connectivity index (χ2v) is 6.50. The van der Waals surface area contributed by atoms with Gasteiger partial charge in [-0.25, -0.2) is 14.6 Å². The van der Waals surface area contributed by atoms with Crippen molar-refractivity contribution in [2.75, 3.05) is 6.61 Å². The average molecular weight is 390 g/mol. The molecule has 9 nitrogen and oxygen atoms in total. The second kappa shape index (κ2) is 8.22. The minimum Gasteiger partial charge on any atom is -0.459 e. The summed E-state index contributed by atoms with van der Waals surface area (Å²) in [4.78, 5) is 30.7. The number of carbonyl (C=O) groups is 1. The summed E-state index contributed by atoms with van der Waals surface area (Å²) in [5, 5.41) is 4.12. The van der Waals surface area contributed by atoms with Crippen molar-refractivity contribution >= 4 is 17.6 Å². The zero-order valence-corrected chi connectivity index (χ0v) is 15.1. The first-order chi connectivity index (χ1) is 13.0. The molecule has 140 valence electrons. The number of halogens is 1. The van der Waals surface area contributed by atoms with Crippen LogP contribution in [0, 0.1) is 6.92 Å². The second-order valence-electron chi connectivity index (χ2n) is 6.07. The van der Waals surface area contributed by atoms with Gasteiger partial charge in [-0.05, 0) is 36.2 Å². The number of hydrogen-bond acceptors (Lipinski definition) is 6. The molecule has 1 aromatic carbocycles. The maximum Gasteiger partial charge on any atom is 0.349 e. The normalized spacial score (nSPS) is 21.5. The van der Waals surface area contributed by atoms with E-state index in [0.717, 1.165) is 5.56 Å². The van der Waals surface area contributed by atoms with Gasteiger partial charge in [0.25, 0.3) is 0 Å². The molecule has 0 saturated carbocycles. The summed E-state index contributed by atoms with van der Waals surface area (Å²) >= 11 is 5.87. The number of aromatic nitrogens is 2. The van der Waals surface area contributed by atoms with Gasteiger partial charge in [0.15, 0.2) is 0 Å². The van der Waals surface area contributed by atoms with E-state index in [1.54, 1.807) is 31.3 Å². The van der Waals surface area contributed by atoms with Crippen LogP contribution >= 0.6 is 11.6 Å². The molecule has 2 heterocycles. The highest BCUT2D eigenvalue weighted by Gasteiger charge is 2.37. The molecule has 3 atom stereocenters. The van der Waals surface area contributed by atoms with Crippen molar-refractivity contribution in [2.24, 2.45) is 5.11 Å². The number of hydrogen-bond donors (Lipinski definition) is 0. The van der Waals surface area contributed by atoms with Gasteiger partial charge < -0.3 is 9.47 Å². The van der Waals surface area contributed by atoms with Crippen molar-refractivity contribution in [3.05, 3.63) is 73.7 Å². The van der Waals surface area contributed by atoms with E-state index in [2.05, 4.69) is 15.0 Å². The van der Waals surface area contributed by atoms with E-state index in [9.17, 15) is 9.59 Å². The van der Waals surface area contributed by atoms with E-state index < -0.39 is 30.0 Å². The smallest absolute Gasteiger partial charge is 0.349 e. The van der Waals surface area contributed by atoms with Crippen molar-refractivity contribution in [2.45, 2.75) is 31.7 Å². The van der Waals surface area contributed by atoms with E-state index in [0.29, 0.717) is 10.6 Å². The van der Waals surface area contributed by atoms with Crippen molar-refractivity contribution in [3.63, 3.8) is 0 Å². The number of nitrogens with zero attached hydrogens (tertiary/aromatic N) is 5. The Bertz CT molecular complexity index is 956. The highest BCUT2D eigenvalue weighted by molar-refractivity contribution is 6.30. The fourth-order valence-electron chi connectivity index (χ4n) is 2.82. The summed E-state index contributed by atoms with van der Waals surface area (Å²) < 4.78 is 12.4. The van der Waals surface area contributed by atoms with Gasteiger partial charge in [0, 0.05) is 28.7 Å². The van der Waals surface area contributed by atoms with E-state index in [-0.39, 0.29) is 13.0 Å². The number of ether oxygens (including phenoxy) is 2. The lowest BCUT2D eigenvalue weighted by atomic mass is 10.1. The van der Waals surface area contributed by atoms with E-state index in [1.165, 1.54) is 16.8 Å². The van der Waals surface area contributed by atoms with Gasteiger partial charge in [0.05, 0.1) is 11.6 Å². The third-order valence-electron chi connectivity index (χ3n) is 4.10. The van der Waals surface area contributed by atoms with Gasteiger partial charge in [0.2, 0.25) is 0 Å². The van der Waals surface area contributed by atoms with Gasteiger partial charge >= 0.3 is 11.7 Å². The van der Waals surface area contributed by atoms with Crippen LogP contribution in [0.2, 0.25) is 5.02 Å². The summed E-state index contributed by atoms with van der Waals surface area (Å²) in [7, 11) is 0. The predicted octanol–water partition coefficient (Wildman–Crippen LogP) is 3.03. The number of azide groups is 1. The van der Waals surface area contributed by atoms with E-state index in [4.69, 9.17) is 26.6 Å². The molecule has 0 bridgehead atoms. The monoisotopic (exact) mass is 389 g/mol. The first kappa shape index (κ1) is 18.9. The van der Waals surface area contributed by atoms with Crippen LogP contribution in [-0.4, -0.2) is 34.3 Å². The van der Waals surface area contributed by atoms with Gasteiger partial charge in [-0.3, -0.25) is 4.57 Å². The van der Waals surface area contributed by atoms with Crippen molar-refractivity contribution < 1.29 is 14.3 Å². The molecule has 0 amide bonds. The van der Waals surface area contributed by atoms with Crippen LogP contribution in [0.25, 0.3) is 10.4 Å². The number of aryl methyl sites for hydroxylation is 1. The zero-order chi connectivity index (χ0) is 19.4. The lowest BCUT2D eigenvalue weighted by Crippen LogP contribution is -2.28. The van der Waals surface area contributed by atoms with Crippen LogP contribution in [0.1, 0.15) is 28.6 Å². The summed E-state index contributed by atoms with van der Waals surface area (Å²) in [5.74, 6) is -0.571. The molecule has 1 aliphatic heterocycles. The SMILES string of the molecule is Cc1cnc(=O)n([C@H]2C[C@H](N=[N+]=[N-])[C@@H](COC(=O)c3cccc(Cl)c3)O2)c1. The number of benzene rings is 1. The molecule has 1 fully saturated rings. The Morgan fingerprint density at radius 3 is 3.11 bits per heavy atom. The number of esters is 1. The van der Waals surface area contributed by atoms with E-state index >= 15 is 0 Å². The van der Waals surface area contributed by atoms with Crippen LogP contribution < -0.4 is 5.69 Å². The summed E-state index contributed by atoms with van der Waals surface area (Å²) in [6, 6.07) is 5.77. The van der Waals surface area contributed by atoms with Crippen molar-refractivity contribution in [1.82, 2.24) is 9.55 Å².